The Kier molecular flexibility index (Phi) is 5.62. The monoisotopic (exact) mass is 295 g/mol. The number of likely N-dealkylation sites (N-methyl/N-ethyl adjacent to an activating group) is 1. The molecule has 0 saturated heterocycles. The number of hydrogen-bond acceptors (Lipinski definition) is 3. The summed E-state index contributed by atoms with van der Waals surface area (Å²) in [7, 11) is 1.84. The van der Waals surface area contributed by atoms with Gasteiger partial charge in [-0.1, -0.05) is 12.8 Å². The van der Waals surface area contributed by atoms with Gasteiger partial charge in [-0.15, -0.1) is 0 Å². The van der Waals surface area contributed by atoms with E-state index in [0.717, 1.165) is 25.7 Å². The highest BCUT2D eigenvalue weighted by atomic mass is 16.2. The lowest BCUT2D eigenvalue weighted by molar-refractivity contribution is -0.135. The second kappa shape index (κ2) is 7.25. The number of amides is 2. The van der Waals surface area contributed by atoms with Gasteiger partial charge in [-0.05, 0) is 46.6 Å². The van der Waals surface area contributed by atoms with E-state index >= 15 is 0 Å². The molecule has 0 unspecified atom stereocenters. The largest absolute Gasteiger partial charge is 0.353 e. The van der Waals surface area contributed by atoms with E-state index in [1.165, 1.54) is 12.8 Å². The minimum absolute atomic E-state index is 0.0147. The summed E-state index contributed by atoms with van der Waals surface area (Å²) in [6, 6.07) is 1.06. The van der Waals surface area contributed by atoms with Crippen LogP contribution in [0.4, 0.5) is 0 Å². The van der Waals surface area contributed by atoms with E-state index in [-0.39, 0.29) is 24.4 Å². The van der Waals surface area contributed by atoms with Crippen LogP contribution in [-0.4, -0.2) is 59.9 Å². The third kappa shape index (κ3) is 4.99. The minimum Gasteiger partial charge on any atom is -0.353 e. The van der Waals surface area contributed by atoms with Gasteiger partial charge in [-0.2, -0.15) is 0 Å². The zero-order valence-corrected chi connectivity index (χ0v) is 13.6. The Morgan fingerprint density at radius 3 is 2.14 bits per heavy atom. The van der Waals surface area contributed by atoms with E-state index in [1.807, 2.05) is 25.8 Å². The van der Waals surface area contributed by atoms with Crippen LogP contribution in [0.25, 0.3) is 0 Å². The normalized spacial score (nSPS) is 19.3. The van der Waals surface area contributed by atoms with E-state index < -0.39 is 0 Å². The molecule has 0 heterocycles. The molecule has 2 amide bonds. The van der Waals surface area contributed by atoms with Gasteiger partial charge in [0.2, 0.25) is 11.8 Å². The molecule has 2 aliphatic rings. The molecule has 0 aromatic carbocycles. The molecule has 2 saturated carbocycles. The first kappa shape index (κ1) is 16.3. The van der Waals surface area contributed by atoms with Gasteiger partial charge in [0.15, 0.2) is 0 Å². The SMILES string of the molecule is CC(C)NC(=O)CN(C)CC(=O)N(C1CCCC1)C1CC1. The first-order valence-corrected chi connectivity index (χ1v) is 8.26. The van der Waals surface area contributed by atoms with E-state index in [9.17, 15) is 9.59 Å². The molecule has 0 aromatic heterocycles. The molecule has 0 radical (unpaired) electrons. The molecule has 0 aliphatic heterocycles. The Bertz CT molecular complexity index is 374. The number of nitrogens with zero attached hydrogens (tertiary/aromatic N) is 2. The van der Waals surface area contributed by atoms with Gasteiger partial charge in [0.05, 0.1) is 13.1 Å². The van der Waals surface area contributed by atoms with Crippen LogP contribution in [-0.2, 0) is 9.59 Å². The summed E-state index contributed by atoms with van der Waals surface area (Å²) in [4.78, 5) is 28.3. The molecule has 0 bridgehead atoms. The number of carbonyl (C=O) groups is 2. The summed E-state index contributed by atoms with van der Waals surface area (Å²) < 4.78 is 0. The smallest absolute Gasteiger partial charge is 0.237 e. The fraction of sp³-hybridized carbons (Fsp3) is 0.875. The van der Waals surface area contributed by atoms with Crippen LogP contribution in [0.1, 0.15) is 52.4 Å². The first-order chi connectivity index (χ1) is 9.97. The summed E-state index contributed by atoms with van der Waals surface area (Å²) in [5, 5.41) is 2.86. The van der Waals surface area contributed by atoms with Crippen molar-refractivity contribution >= 4 is 11.8 Å². The van der Waals surface area contributed by atoms with Gasteiger partial charge in [0, 0.05) is 18.1 Å². The van der Waals surface area contributed by atoms with Crippen LogP contribution in [0.3, 0.4) is 0 Å². The lowest BCUT2D eigenvalue weighted by Crippen LogP contribution is -2.47. The van der Waals surface area contributed by atoms with Crippen molar-refractivity contribution in [2.45, 2.75) is 70.5 Å². The molecular formula is C16H29N3O2. The molecule has 21 heavy (non-hydrogen) atoms. The van der Waals surface area contributed by atoms with Crippen molar-refractivity contribution < 1.29 is 9.59 Å². The van der Waals surface area contributed by atoms with Crippen LogP contribution in [0.2, 0.25) is 0 Å². The molecule has 0 spiro atoms. The van der Waals surface area contributed by atoms with Gasteiger partial charge >= 0.3 is 0 Å². The summed E-state index contributed by atoms with van der Waals surface area (Å²) in [6.07, 6.45) is 7.10. The average molecular weight is 295 g/mol. The standard InChI is InChI=1S/C16H29N3O2/c1-12(2)17-15(20)10-18(3)11-16(21)19(14-8-9-14)13-6-4-5-7-13/h12-14H,4-11H2,1-3H3,(H,17,20). The second-order valence-corrected chi connectivity index (χ2v) is 6.86. The second-order valence-electron chi connectivity index (χ2n) is 6.86. The Balaban J connectivity index is 1.82. The van der Waals surface area contributed by atoms with Crippen LogP contribution in [0.15, 0.2) is 0 Å². The Morgan fingerprint density at radius 1 is 1.05 bits per heavy atom. The minimum atomic E-state index is -0.0147. The molecule has 0 aromatic rings. The van der Waals surface area contributed by atoms with Crippen LogP contribution in [0.5, 0.6) is 0 Å². The van der Waals surface area contributed by atoms with E-state index in [1.54, 1.807) is 0 Å². The van der Waals surface area contributed by atoms with Crippen LogP contribution in [0, 0.1) is 0 Å². The number of rotatable bonds is 7. The van der Waals surface area contributed by atoms with Crippen molar-refractivity contribution in [3.05, 3.63) is 0 Å². The molecule has 1 N–H and O–H groups in total. The lowest BCUT2D eigenvalue weighted by Gasteiger charge is -2.30. The highest BCUT2D eigenvalue weighted by Gasteiger charge is 2.38. The molecule has 0 atom stereocenters. The van der Waals surface area contributed by atoms with Crippen LogP contribution >= 0.6 is 0 Å². The quantitative estimate of drug-likeness (QED) is 0.772. The predicted octanol–water partition coefficient (Wildman–Crippen LogP) is 1.38. The van der Waals surface area contributed by atoms with Gasteiger partial charge in [-0.25, -0.2) is 0 Å². The Hall–Kier alpha value is -1.10. The Morgan fingerprint density at radius 2 is 1.62 bits per heavy atom. The summed E-state index contributed by atoms with van der Waals surface area (Å²) in [5.74, 6) is 0.184. The zero-order chi connectivity index (χ0) is 15.4. The number of nitrogens with one attached hydrogen (secondary N) is 1. The highest BCUT2D eigenvalue weighted by Crippen LogP contribution is 2.34. The third-order valence-corrected chi connectivity index (χ3v) is 4.21. The van der Waals surface area contributed by atoms with Gasteiger partial charge in [-0.3, -0.25) is 14.5 Å². The van der Waals surface area contributed by atoms with Crippen molar-refractivity contribution in [1.29, 1.82) is 0 Å². The van der Waals surface area contributed by atoms with Gasteiger partial charge < -0.3 is 10.2 Å². The third-order valence-electron chi connectivity index (χ3n) is 4.21. The molecule has 2 fully saturated rings. The zero-order valence-electron chi connectivity index (χ0n) is 13.6. The van der Waals surface area contributed by atoms with E-state index in [0.29, 0.717) is 18.6 Å². The molecule has 2 rings (SSSR count). The highest BCUT2D eigenvalue weighted by molar-refractivity contribution is 5.81. The fourth-order valence-electron chi connectivity index (χ4n) is 3.22. The number of hydrogen-bond donors (Lipinski definition) is 1. The number of carbonyl (C=O) groups excluding carboxylic acids is 2. The van der Waals surface area contributed by atoms with E-state index in [4.69, 9.17) is 0 Å². The summed E-state index contributed by atoms with van der Waals surface area (Å²) in [6.45, 7) is 4.52. The van der Waals surface area contributed by atoms with Crippen molar-refractivity contribution in [1.82, 2.24) is 15.1 Å². The van der Waals surface area contributed by atoms with Crippen LogP contribution < -0.4 is 5.32 Å². The van der Waals surface area contributed by atoms with E-state index in [2.05, 4.69) is 10.2 Å². The topological polar surface area (TPSA) is 52.7 Å². The summed E-state index contributed by atoms with van der Waals surface area (Å²) >= 11 is 0. The molecular weight excluding hydrogens is 266 g/mol. The van der Waals surface area contributed by atoms with Crippen molar-refractivity contribution in [3.8, 4) is 0 Å². The maximum absolute atomic E-state index is 12.6. The average Bonchev–Trinajstić information content (AvgIpc) is 3.02. The lowest BCUT2D eigenvalue weighted by atomic mass is 10.2. The summed E-state index contributed by atoms with van der Waals surface area (Å²) in [5.41, 5.74) is 0. The van der Waals surface area contributed by atoms with Gasteiger partial charge in [0.1, 0.15) is 0 Å². The van der Waals surface area contributed by atoms with Crippen molar-refractivity contribution in [2.24, 2.45) is 0 Å². The van der Waals surface area contributed by atoms with Crippen molar-refractivity contribution in [2.75, 3.05) is 20.1 Å². The molecule has 5 heteroatoms. The molecule has 120 valence electrons. The first-order valence-electron chi connectivity index (χ1n) is 8.26. The predicted molar refractivity (Wildman–Crippen MR) is 82.9 cm³/mol. The Labute approximate surface area is 128 Å². The van der Waals surface area contributed by atoms with Crippen molar-refractivity contribution in [3.63, 3.8) is 0 Å². The maximum Gasteiger partial charge on any atom is 0.237 e. The maximum atomic E-state index is 12.6. The van der Waals surface area contributed by atoms with Gasteiger partial charge in [0.25, 0.3) is 0 Å². The molecule has 2 aliphatic carbocycles. The molecule has 5 nitrogen and oxygen atoms in total. The fourth-order valence-corrected chi connectivity index (χ4v) is 3.22.